The molecule has 0 unspecified atom stereocenters. The molecule has 1 heterocycles. The molecule has 15 heavy (non-hydrogen) atoms. The molecule has 4 heteroatoms. The van der Waals surface area contributed by atoms with Crippen molar-refractivity contribution >= 4 is 12.6 Å². The molecule has 1 fully saturated rings. The van der Waals surface area contributed by atoms with Crippen LogP contribution in [0.2, 0.25) is 0 Å². The van der Waals surface area contributed by atoms with Crippen molar-refractivity contribution in [1.29, 1.82) is 0 Å². The van der Waals surface area contributed by atoms with Gasteiger partial charge in [-0.05, 0) is 24.0 Å². The first kappa shape index (κ1) is 10.7. The Hall–Kier alpha value is -0.770. The van der Waals surface area contributed by atoms with Gasteiger partial charge in [-0.1, -0.05) is 12.8 Å². The Morgan fingerprint density at radius 2 is 2.20 bits per heavy atom. The maximum absolute atomic E-state index is 11.6. The minimum absolute atomic E-state index is 0.0399. The van der Waals surface area contributed by atoms with Crippen LogP contribution in [0, 0.1) is 5.41 Å². The van der Waals surface area contributed by atoms with Gasteiger partial charge in [-0.2, -0.15) is 12.6 Å². The minimum atomic E-state index is 0.0399. The Balaban J connectivity index is 2.20. The lowest BCUT2D eigenvalue weighted by Gasteiger charge is -2.27. The van der Waals surface area contributed by atoms with Gasteiger partial charge in [-0.15, -0.1) is 0 Å². The summed E-state index contributed by atoms with van der Waals surface area (Å²) in [5, 5.41) is 0. The molecule has 3 nitrogen and oxygen atoms in total. The van der Waals surface area contributed by atoms with E-state index in [4.69, 9.17) is 0 Å². The van der Waals surface area contributed by atoms with Gasteiger partial charge in [0.1, 0.15) is 0 Å². The van der Waals surface area contributed by atoms with Crippen molar-refractivity contribution in [3.63, 3.8) is 0 Å². The molecule has 0 saturated heterocycles. The van der Waals surface area contributed by atoms with Gasteiger partial charge in [-0.3, -0.25) is 9.36 Å². The fourth-order valence-corrected chi connectivity index (χ4v) is 2.77. The van der Waals surface area contributed by atoms with Crippen LogP contribution < -0.4 is 5.56 Å². The number of aromatic nitrogens is 2. The molecule has 0 N–H and O–H groups in total. The normalized spacial score (nSPS) is 19.3. The summed E-state index contributed by atoms with van der Waals surface area (Å²) in [5.74, 6) is 0.855. The van der Waals surface area contributed by atoms with Gasteiger partial charge in [0, 0.05) is 18.8 Å². The average Bonchev–Trinajstić information content (AvgIpc) is 2.71. The summed E-state index contributed by atoms with van der Waals surface area (Å²) in [5.41, 5.74) is 0.258. The first-order chi connectivity index (χ1) is 7.26. The second-order valence-corrected chi connectivity index (χ2v) is 4.73. The number of rotatable bonds is 3. The average molecular weight is 224 g/mol. The number of thiol groups is 1. The van der Waals surface area contributed by atoms with Crippen LogP contribution >= 0.6 is 12.6 Å². The predicted octanol–water partition coefficient (Wildman–Crippen LogP) is 1.73. The fraction of sp³-hybridized carbons (Fsp3) is 0.636. The van der Waals surface area contributed by atoms with E-state index in [1.54, 1.807) is 17.1 Å². The molecule has 1 aliphatic rings. The van der Waals surface area contributed by atoms with Crippen LogP contribution in [0.25, 0.3) is 0 Å². The van der Waals surface area contributed by atoms with Crippen LogP contribution in [0.4, 0.5) is 0 Å². The van der Waals surface area contributed by atoms with E-state index < -0.39 is 0 Å². The molecule has 0 amide bonds. The van der Waals surface area contributed by atoms with Crippen molar-refractivity contribution < 1.29 is 0 Å². The van der Waals surface area contributed by atoms with E-state index >= 15 is 0 Å². The van der Waals surface area contributed by atoms with E-state index in [1.807, 2.05) is 0 Å². The Kier molecular flexibility index (Phi) is 3.14. The number of hydrogen-bond acceptors (Lipinski definition) is 3. The van der Waals surface area contributed by atoms with Crippen molar-refractivity contribution in [1.82, 2.24) is 9.55 Å². The highest BCUT2D eigenvalue weighted by molar-refractivity contribution is 7.80. The first-order valence-corrected chi connectivity index (χ1v) is 6.00. The maximum Gasteiger partial charge on any atom is 0.253 e. The lowest BCUT2D eigenvalue weighted by Crippen LogP contribution is -2.31. The molecule has 0 spiro atoms. The van der Waals surface area contributed by atoms with Crippen LogP contribution in [-0.2, 0) is 6.54 Å². The summed E-state index contributed by atoms with van der Waals surface area (Å²) in [7, 11) is 0. The third-order valence-corrected chi connectivity index (χ3v) is 3.97. The molecule has 0 atom stereocenters. The summed E-state index contributed by atoms with van der Waals surface area (Å²) >= 11 is 4.43. The monoisotopic (exact) mass is 224 g/mol. The summed E-state index contributed by atoms with van der Waals surface area (Å²) in [6.45, 7) is 0.767. The molecule has 1 aliphatic carbocycles. The molecule has 0 bridgehead atoms. The number of hydrogen-bond donors (Lipinski definition) is 1. The van der Waals surface area contributed by atoms with Gasteiger partial charge in [0.15, 0.2) is 0 Å². The zero-order chi connectivity index (χ0) is 10.7. The van der Waals surface area contributed by atoms with Gasteiger partial charge >= 0.3 is 0 Å². The maximum atomic E-state index is 11.6. The van der Waals surface area contributed by atoms with Crippen LogP contribution in [0.15, 0.2) is 23.4 Å². The molecule has 1 saturated carbocycles. The van der Waals surface area contributed by atoms with E-state index in [0.717, 1.165) is 12.3 Å². The minimum Gasteiger partial charge on any atom is -0.299 e. The van der Waals surface area contributed by atoms with Crippen molar-refractivity contribution in [3.8, 4) is 0 Å². The second-order valence-electron chi connectivity index (χ2n) is 4.41. The predicted molar refractivity (Wildman–Crippen MR) is 63.3 cm³/mol. The highest BCUT2D eigenvalue weighted by Crippen LogP contribution is 2.40. The van der Waals surface area contributed by atoms with Crippen molar-refractivity contribution in [3.05, 3.63) is 28.9 Å². The highest BCUT2D eigenvalue weighted by Gasteiger charge is 2.32. The Labute approximate surface area is 94.9 Å². The van der Waals surface area contributed by atoms with Gasteiger partial charge in [0.25, 0.3) is 5.56 Å². The summed E-state index contributed by atoms with van der Waals surface area (Å²) in [6, 6.07) is 1.52. The zero-order valence-electron chi connectivity index (χ0n) is 8.72. The van der Waals surface area contributed by atoms with Gasteiger partial charge < -0.3 is 0 Å². The second kappa shape index (κ2) is 4.39. The molecule has 1 aromatic rings. The van der Waals surface area contributed by atoms with Gasteiger partial charge in [0.05, 0.1) is 6.33 Å². The molecule has 1 aromatic heterocycles. The van der Waals surface area contributed by atoms with Crippen molar-refractivity contribution in [2.24, 2.45) is 5.41 Å². The quantitative estimate of drug-likeness (QED) is 0.794. The highest BCUT2D eigenvalue weighted by atomic mass is 32.1. The van der Waals surface area contributed by atoms with E-state index in [-0.39, 0.29) is 11.0 Å². The zero-order valence-corrected chi connectivity index (χ0v) is 9.62. The smallest absolute Gasteiger partial charge is 0.253 e. The summed E-state index contributed by atoms with van der Waals surface area (Å²) < 4.78 is 1.71. The van der Waals surface area contributed by atoms with E-state index in [0.29, 0.717) is 0 Å². The lowest BCUT2D eigenvalue weighted by molar-refractivity contribution is 0.285. The van der Waals surface area contributed by atoms with E-state index in [2.05, 4.69) is 17.6 Å². The molecule has 0 aromatic carbocycles. The summed E-state index contributed by atoms with van der Waals surface area (Å²) in [6.07, 6.45) is 8.05. The fourth-order valence-electron chi connectivity index (χ4n) is 2.35. The van der Waals surface area contributed by atoms with Crippen LogP contribution in [0.5, 0.6) is 0 Å². The van der Waals surface area contributed by atoms with E-state index in [1.165, 1.54) is 31.7 Å². The topological polar surface area (TPSA) is 34.9 Å². The van der Waals surface area contributed by atoms with Crippen LogP contribution in [0.1, 0.15) is 25.7 Å². The third kappa shape index (κ3) is 2.25. The largest absolute Gasteiger partial charge is 0.299 e. The van der Waals surface area contributed by atoms with E-state index in [9.17, 15) is 4.79 Å². The third-order valence-electron chi connectivity index (χ3n) is 3.30. The molecular formula is C11H16N2OS. The van der Waals surface area contributed by atoms with Crippen molar-refractivity contribution in [2.45, 2.75) is 32.2 Å². The van der Waals surface area contributed by atoms with Crippen LogP contribution in [0.3, 0.4) is 0 Å². The molecule has 0 radical (unpaired) electrons. The van der Waals surface area contributed by atoms with Crippen LogP contribution in [-0.4, -0.2) is 15.3 Å². The Bertz CT molecular complexity index is 382. The Morgan fingerprint density at radius 3 is 2.80 bits per heavy atom. The molecule has 82 valence electrons. The summed E-state index contributed by atoms with van der Waals surface area (Å²) in [4.78, 5) is 15.6. The van der Waals surface area contributed by atoms with Gasteiger partial charge in [0.2, 0.25) is 0 Å². The van der Waals surface area contributed by atoms with Crippen molar-refractivity contribution in [2.75, 3.05) is 5.75 Å². The SMILES string of the molecule is O=c1ccncn1CC1(CS)CCCC1. The lowest BCUT2D eigenvalue weighted by atomic mass is 9.88. The molecule has 0 aliphatic heterocycles. The first-order valence-electron chi connectivity index (χ1n) is 5.37. The molecule has 2 rings (SSSR count). The standard InChI is InChI=1S/C11H16N2OS/c14-10-3-6-12-9-13(10)7-11(8-15)4-1-2-5-11/h3,6,9,15H,1-2,4-5,7-8H2. The van der Waals surface area contributed by atoms with Gasteiger partial charge in [-0.25, -0.2) is 4.98 Å². The molecular weight excluding hydrogens is 208 g/mol. The number of nitrogens with zero attached hydrogens (tertiary/aromatic N) is 2. The Morgan fingerprint density at radius 1 is 1.47 bits per heavy atom.